The van der Waals surface area contributed by atoms with Gasteiger partial charge in [-0.1, -0.05) is 30.3 Å². The number of hydrogen-bond donors (Lipinski definition) is 3. The van der Waals surface area contributed by atoms with Crippen LogP contribution in [0.15, 0.2) is 71.6 Å². The Morgan fingerprint density at radius 2 is 1.46 bits per heavy atom. The van der Waals surface area contributed by atoms with Gasteiger partial charge < -0.3 is 20.6 Å². The molecule has 1 saturated heterocycles. The summed E-state index contributed by atoms with van der Waals surface area (Å²) in [5.74, 6) is -1.41. The maximum atomic E-state index is 14.8. The Morgan fingerprint density at radius 1 is 0.848 bits per heavy atom. The van der Waals surface area contributed by atoms with Crippen molar-refractivity contribution in [3.8, 4) is 0 Å². The van der Waals surface area contributed by atoms with Crippen molar-refractivity contribution in [2.75, 3.05) is 43.1 Å². The molecule has 9 nitrogen and oxygen atoms in total. The van der Waals surface area contributed by atoms with Crippen LogP contribution in [0.25, 0.3) is 0 Å². The van der Waals surface area contributed by atoms with E-state index in [1.165, 1.54) is 41.3 Å². The number of benzene rings is 3. The average molecular weight is 677 g/mol. The summed E-state index contributed by atoms with van der Waals surface area (Å²) in [6, 6.07) is 11.3. The molecule has 0 spiro atoms. The van der Waals surface area contributed by atoms with Gasteiger partial charge in [-0.2, -0.15) is 26.3 Å². The number of rotatable bonds is 7. The van der Waals surface area contributed by atoms with Gasteiger partial charge in [0, 0.05) is 55.8 Å². The van der Waals surface area contributed by atoms with Gasteiger partial charge in [-0.15, -0.1) is 0 Å². The fourth-order valence-electron chi connectivity index (χ4n) is 4.73. The first kappa shape index (κ1) is 34.6. The molecular formula is C29H27F7N4O5S. The third kappa shape index (κ3) is 7.59. The molecule has 0 aromatic heterocycles. The zero-order valence-corrected chi connectivity index (χ0v) is 24.7. The lowest BCUT2D eigenvalue weighted by Crippen LogP contribution is -2.53. The Labute approximate surface area is 258 Å². The van der Waals surface area contributed by atoms with E-state index in [1.54, 1.807) is 0 Å². The molecule has 3 aromatic rings. The average Bonchev–Trinajstić information content (AvgIpc) is 2.97. The van der Waals surface area contributed by atoms with Gasteiger partial charge >= 0.3 is 18.4 Å². The molecule has 0 aliphatic carbocycles. The second-order valence-electron chi connectivity index (χ2n) is 10.5. The van der Waals surface area contributed by atoms with E-state index in [1.807, 2.05) is 4.90 Å². The number of sulfone groups is 1. The van der Waals surface area contributed by atoms with E-state index in [0.717, 1.165) is 24.5 Å². The first-order valence-corrected chi connectivity index (χ1v) is 15.3. The van der Waals surface area contributed by atoms with Crippen molar-refractivity contribution in [1.29, 1.82) is 0 Å². The standard InChI is InChI=1S/C29H27F7N4O5S/c1-46(44,45)22-4-2-3-21(16-22)37-26(42)38-24-10-7-19(15-23(24)30)25(41)40-13-11-39(12-14-40)17-18-5-8-20(9-6-18)27(43,28(31,32)33)29(34,35)36/h2-10,15-16,43H,11-14,17H2,1H3,(H2,37,38,42). The number of halogens is 7. The third-order valence-electron chi connectivity index (χ3n) is 7.24. The van der Waals surface area contributed by atoms with Crippen molar-refractivity contribution in [3.63, 3.8) is 0 Å². The van der Waals surface area contributed by atoms with E-state index >= 15 is 0 Å². The summed E-state index contributed by atoms with van der Waals surface area (Å²) >= 11 is 0. The van der Waals surface area contributed by atoms with Crippen LogP contribution in [0.3, 0.4) is 0 Å². The van der Waals surface area contributed by atoms with E-state index in [9.17, 15) is 53.8 Å². The quantitative estimate of drug-likeness (QED) is 0.299. The highest BCUT2D eigenvalue weighted by Crippen LogP contribution is 2.50. The number of alkyl halides is 6. The summed E-state index contributed by atoms with van der Waals surface area (Å²) in [4.78, 5) is 28.6. The van der Waals surface area contributed by atoms with Gasteiger partial charge in [0.15, 0.2) is 9.84 Å². The Morgan fingerprint density at radius 3 is 2.00 bits per heavy atom. The molecule has 0 saturated carbocycles. The second kappa shape index (κ2) is 12.9. The normalized spacial score (nSPS) is 15.0. The van der Waals surface area contributed by atoms with Gasteiger partial charge in [-0.05, 0) is 42.0 Å². The highest BCUT2D eigenvalue weighted by molar-refractivity contribution is 7.90. The molecule has 3 N–H and O–H groups in total. The molecule has 3 aromatic carbocycles. The molecule has 17 heteroatoms. The van der Waals surface area contributed by atoms with Gasteiger partial charge in [0.1, 0.15) is 5.82 Å². The molecule has 0 atom stereocenters. The minimum absolute atomic E-state index is 0.00448. The molecule has 248 valence electrons. The summed E-state index contributed by atoms with van der Waals surface area (Å²) in [6.45, 7) is 1.12. The largest absolute Gasteiger partial charge is 0.430 e. The molecule has 1 fully saturated rings. The number of nitrogens with one attached hydrogen (secondary N) is 2. The molecule has 1 aliphatic heterocycles. The summed E-state index contributed by atoms with van der Waals surface area (Å²) < 4.78 is 117. The van der Waals surface area contributed by atoms with Crippen LogP contribution in [0.2, 0.25) is 0 Å². The SMILES string of the molecule is CS(=O)(=O)c1cccc(NC(=O)Nc2ccc(C(=O)N3CCN(Cc4ccc(C(O)(C(F)(F)F)C(F)(F)F)cc4)CC3)cc2F)c1. The Balaban J connectivity index is 1.32. The number of urea groups is 1. The zero-order chi connectivity index (χ0) is 34.1. The second-order valence-corrected chi connectivity index (χ2v) is 12.6. The van der Waals surface area contributed by atoms with Gasteiger partial charge in [0.2, 0.25) is 0 Å². The summed E-state index contributed by atoms with van der Waals surface area (Å²) in [5, 5.41) is 14.2. The molecule has 0 bridgehead atoms. The van der Waals surface area contributed by atoms with Crippen LogP contribution < -0.4 is 10.6 Å². The molecule has 46 heavy (non-hydrogen) atoms. The van der Waals surface area contributed by atoms with Gasteiger partial charge in [0.25, 0.3) is 11.5 Å². The molecule has 0 radical (unpaired) electrons. The third-order valence-corrected chi connectivity index (χ3v) is 8.35. The van der Waals surface area contributed by atoms with Crippen LogP contribution >= 0.6 is 0 Å². The van der Waals surface area contributed by atoms with E-state index in [4.69, 9.17) is 0 Å². The van der Waals surface area contributed by atoms with Crippen molar-refractivity contribution < 1.29 is 53.8 Å². The van der Waals surface area contributed by atoms with E-state index in [0.29, 0.717) is 30.8 Å². The fraction of sp³-hybridized carbons (Fsp3) is 0.310. The van der Waals surface area contributed by atoms with Gasteiger partial charge in [-0.25, -0.2) is 17.6 Å². The smallest absolute Gasteiger partial charge is 0.369 e. The maximum absolute atomic E-state index is 14.8. The Kier molecular flexibility index (Phi) is 9.70. The van der Waals surface area contributed by atoms with Crippen LogP contribution in [0.4, 0.5) is 46.9 Å². The molecule has 0 unspecified atom stereocenters. The number of carbonyl (C=O) groups is 2. The van der Waals surface area contributed by atoms with Crippen LogP contribution in [0.5, 0.6) is 0 Å². The van der Waals surface area contributed by atoms with Gasteiger partial charge in [-0.3, -0.25) is 9.69 Å². The number of hydrogen-bond acceptors (Lipinski definition) is 6. The number of carbonyl (C=O) groups excluding carboxylic acids is 2. The monoisotopic (exact) mass is 676 g/mol. The highest BCUT2D eigenvalue weighted by atomic mass is 32.2. The van der Waals surface area contributed by atoms with E-state index in [-0.39, 0.29) is 41.5 Å². The molecule has 1 heterocycles. The number of amides is 3. The molecule has 1 aliphatic rings. The Hall–Kier alpha value is -4.22. The van der Waals surface area contributed by atoms with Crippen molar-refractivity contribution in [2.45, 2.75) is 29.4 Å². The van der Waals surface area contributed by atoms with Crippen molar-refractivity contribution in [1.82, 2.24) is 9.80 Å². The van der Waals surface area contributed by atoms with Gasteiger partial charge in [0.05, 0.1) is 10.6 Å². The lowest BCUT2D eigenvalue weighted by atomic mass is 9.91. The van der Waals surface area contributed by atoms with E-state index < -0.39 is 51.1 Å². The predicted molar refractivity (Wildman–Crippen MR) is 152 cm³/mol. The van der Waals surface area contributed by atoms with Crippen molar-refractivity contribution in [3.05, 3.63) is 89.2 Å². The summed E-state index contributed by atoms with van der Waals surface area (Å²) in [6.07, 6.45) is -11.0. The minimum Gasteiger partial charge on any atom is -0.369 e. The zero-order valence-electron chi connectivity index (χ0n) is 23.9. The molecule has 3 amide bonds. The number of piperazine rings is 1. The topological polar surface area (TPSA) is 119 Å². The number of anilines is 2. The number of nitrogens with zero attached hydrogens (tertiary/aromatic N) is 2. The molecule has 4 rings (SSSR count). The van der Waals surface area contributed by atoms with Crippen LogP contribution in [0.1, 0.15) is 21.5 Å². The highest BCUT2D eigenvalue weighted by Gasteiger charge is 2.71. The number of aliphatic hydroxyl groups is 1. The van der Waals surface area contributed by atoms with E-state index in [2.05, 4.69) is 10.6 Å². The van der Waals surface area contributed by atoms with Crippen LogP contribution in [-0.4, -0.2) is 80.0 Å². The van der Waals surface area contributed by atoms with Crippen LogP contribution in [0, 0.1) is 5.82 Å². The predicted octanol–water partition coefficient (Wildman–Crippen LogP) is 5.14. The Bertz CT molecular complexity index is 1690. The first-order valence-electron chi connectivity index (χ1n) is 13.4. The van der Waals surface area contributed by atoms with Crippen molar-refractivity contribution in [2.24, 2.45) is 0 Å². The van der Waals surface area contributed by atoms with Crippen LogP contribution in [-0.2, 0) is 22.0 Å². The minimum atomic E-state index is -5.99. The maximum Gasteiger partial charge on any atom is 0.430 e. The molecular weight excluding hydrogens is 649 g/mol. The fourth-order valence-corrected chi connectivity index (χ4v) is 5.39. The first-order chi connectivity index (χ1) is 21.3. The lowest BCUT2D eigenvalue weighted by Gasteiger charge is -2.35. The summed E-state index contributed by atoms with van der Waals surface area (Å²) in [7, 11) is -3.52. The summed E-state index contributed by atoms with van der Waals surface area (Å²) in [5.41, 5.74) is -6.09. The van der Waals surface area contributed by atoms with Crippen molar-refractivity contribution >= 4 is 33.2 Å². The lowest BCUT2D eigenvalue weighted by molar-refractivity contribution is -0.376.